The maximum Gasteiger partial charge on any atom is 0.243 e. The van der Waals surface area contributed by atoms with Crippen molar-refractivity contribution < 1.29 is 9.59 Å². The Labute approximate surface area is 199 Å². The molecule has 31 heavy (non-hydrogen) atoms. The maximum atomic E-state index is 13.2. The van der Waals surface area contributed by atoms with Gasteiger partial charge in [0.2, 0.25) is 11.8 Å². The summed E-state index contributed by atoms with van der Waals surface area (Å²) in [6, 6.07) is 14.6. The highest BCUT2D eigenvalue weighted by Crippen LogP contribution is 2.22. The molecule has 2 rings (SSSR count). The lowest BCUT2D eigenvalue weighted by atomic mass is 10.1. The van der Waals surface area contributed by atoms with Crippen molar-refractivity contribution in [3.05, 3.63) is 64.1 Å². The summed E-state index contributed by atoms with van der Waals surface area (Å²) < 4.78 is 0. The quantitative estimate of drug-likeness (QED) is 0.307. The van der Waals surface area contributed by atoms with Gasteiger partial charge < -0.3 is 10.2 Å². The highest BCUT2D eigenvalue weighted by atomic mass is 35.5. The molecule has 0 saturated carbocycles. The predicted octanol–water partition coefficient (Wildman–Crippen LogP) is 6.20. The lowest BCUT2D eigenvalue weighted by Gasteiger charge is -2.31. The minimum Gasteiger partial charge on any atom is -0.352 e. The topological polar surface area (TPSA) is 49.4 Å². The lowest BCUT2D eigenvalue weighted by molar-refractivity contribution is -0.141. The summed E-state index contributed by atoms with van der Waals surface area (Å²) in [6.45, 7) is 6.15. The Hall–Kier alpha value is -1.69. The zero-order valence-corrected chi connectivity index (χ0v) is 20.6. The first kappa shape index (κ1) is 25.6. The van der Waals surface area contributed by atoms with E-state index in [1.54, 1.807) is 28.8 Å². The summed E-state index contributed by atoms with van der Waals surface area (Å²) in [5.74, 6) is 0.685. The standard InChI is InChI=1S/C24H30Cl2N2O2S/c1-4-22(24(30)27-17(2)3)28(16-18-7-9-19(25)10-8-18)23(29)6-5-15-31-21-13-11-20(26)12-14-21/h7-14,17,22H,4-6,15-16H2,1-3H3,(H,27,30). The minimum atomic E-state index is -0.505. The third kappa shape index (κ3) is 8.76. The molecule has 0 bridgehead atoms. The molecule has 0 fully saturated rings. The number of nitrogens with one attached hydrogen (secondary N) is 1. The van der Waals surface area contributed by atoms with E-state index in [2.05, 4.69) is 5.32 Å². The molecule has 1 unspecified atom stereocenters. The summed E-state index contributed by atoms with van der Waals surface area (Å²) in [4.78, 5) is 28.8. The fourth-order valence-electron chi connectivity index (χ4n) is 3.17. The van der Waals surface area contributed by atoms with Crippen LogP contribution in [-0.4, -0.2) is 34.6 Å². The van der Waals surface area contributed by atoms with E-state index in [0.717, 1.165) is 22.6 Å². The van der Waals surface area contributed by atoms with Crippen LogP contribution >= 0.6 is 35.0 Å². The first-order valence-electron chi connectivity index (χ1n) is 10.5. The number of hydrogen-bond acceptors (Lipinski definition) is 3. The molecule has 1 atom stereocenters. The first-order chi connectivity index (χ1) is 14.8. The minimum absolute atomic E-state index is 0.0163. The van der Waals surface area contributed by atoms with E-state index in [-0.39, 0.29) is 17.9 Å². The normalized spacial score (nSPS) is 11.9. The number of hydrogen-bond donors (Lipinski definition) is 1. The Morgan fingerprint density at radius 3 is 2.13 bits per heavy atom. The number of carbonyl (C=O) groups is 2. The molecule has 4 nitrogen and oxygen atoms in total. The van der Waals surface area contributed by atoms with Crippen molar-refractivity contribution in [3.63, 3.8) is 0 Å². The number of nitrogens with zero attached hydrogens (tertiary/aromatic N) is 1. The van der Waals surface area contributed by atoms with E-state index in [9.17, 15) is 9.59 Å². The van der Waals surface area contributed by atoms with E-state index in [1.807, 2.05) is 57.2 Å². The fraction of sp³-hybridized carbons (Fsp3) is 0.417. The third-order valence-corrected chi connectivity index (χ3v) is 6.30. The molecule has 0 aromatic heterocycles. The van der Waals surface area contributed by atoms with Gasteiger partial charge in [-0.15, -0.1) is 11.8 Å². The summed E-state index contributed by atoms with van der Waals surface area (Å²) in [5, 5.41) is 4.30. The van der Waals surface area contributed by atoms with Crippen molar-refractivity contribution in [1.82, 2.24) is 10.2 Å². The molecule has 0 aliphatic carbocycles. The molecule has 0 aliphatic heterocycles. The average Bonchev–Trinajstić information content (AvgIpc) is 2.73. The number of carbonyl (C=O) groups excluding carboxylic acids is 2. The van der Waals surface area contributed by atoms with Crippen molar-refractivity contribution >= 4 is 46.8 Å². The molecule has 2 aromatic carbocycles. The van der Waals surface area contributed by atoms with Crippen molar-refractivity contribution in [2.45, 2.75) is 63.6 Å². The number of amides is 2. The summed E-state index contributed by atoms with van der Waals surface area (Å²) in [6.07, 6.45) is 1.67. The van der Waals surface area contributed by atoms with E-state index in [4.69, 9.17) is 23.2 Å². The van der Waals surface area contributed by atoms with Crippen molar-refractivity contribution in [2.24, 2.45) is 0 Å². The zero-order valence-electron chi connectivity index (χ0n) is 18.2. The number of benzene rings is 2. The molecule has 0 heterocycles. The number of halogens is 2. The fourth-order valence-corrected chi connectivity index (χ4v) is 4.28. The van der Waals surface area contributed by atoms with Crippen LogP contribution in [0.4, 0.5) is 0 Å². The molecular weight excluding hydrogens is 451 g/mol. The highest BCUT2D eigenvalue weighted by Gasteiger charge is 2.28. The monoisotopic (exact) mass is 480 g/mol. The Kier molecular flexibility index (Phi) is 10.7. The van der Waals surface area contributed by atoms with Crippen molar-refractivity contribution in [2.75, 3.05) is 5.75 Å². The van der Waals surface area contributed by atoms with E-state index in [0.29, 0.717) is 29.4 Å². The average molecular weight is 481 g/mol. The Bertz CT molecular complexity index is 842. The number of rotatable bonds is 11. The van der Waals surface area contributed by atoms with Crippen LogP contribution in [0.5, 0.6) is 0 Å². The van der Waals surface area contributed by atoms with Crippen LogP contribution in [0.3, 0.4) is 0 Å². The summed E-state index contributed by atoms with van der Waals surface area (Å²) in [5.41, 5.74) is 0.948. The first-order valence-corrected chi connectivity index (χ1v) is 12.3. The van der Waals surface area contributed by atoms with Crippen LogP contribution in [-0.2, 0) is 16.1 Å². The third-order valence-electron chi connectivity index (χ3n) is 4.70. The summed E-state index contributed by atoms with van der Waals surface area (Å²) >= 11 is 13.6. The smallest absolute Gasteiger partial charge is 0.243 e. The van der Waals surface area contributed by atoms with Gasteiger partial charge in [0.15, 0.2) is 0 Å². The van der Waals surface area contributed by atoms with Crippen molar-refractivity contribution in [1.29, 1.82) is 0 Å². The van der Waals surface area contributed by atoms with Crippen LogP contribution < -0.4 is 5.32 Å². The Balaban J connectivity index is 2.04. The molecular formula is C24H30Cl2N2O2S. The molecule has 1 N–H and O–H groups in total. The van der Waals surface area contributed by atoms with Crippen molar-refractivity contribution in [3.8, 4) is 0 Å². The van der Waals surface area contributed by atoms with Gasteiger partial charge in [-0.1, -0.05) is 42.3 Å². The number of thioether (sulfide) groups is 1. The van der Waals surface area contributed by atoms with E-state index >= 15 is 0 Å². The van der Waals surface area contributed by atoms with Crippen LogP contribution in [0.2, 0.25) is 10.0 Å². The van der Waals surface area contributed by atoms with Gasteiger partial charge in [0.1, 0.15) is 6.04 Å². The highest BCUT2D eigenvalue weighted by molar-refractivity contribution is 7.99. The second kappa shape index (κ2) is 13.0. The zero-order chi connectivity index (χ0) is 22.8. The Morgan fingerprint density at radius 2 is 1.58 bits per heavy atom. The van der Waals surface area contributed by atoms with Crippen LogP contribution in [0.15, 0.2) is 53.4 Å². The maximum absolute atomic E-state index is 13.2. The molecule has 0 aliphatic rings. The SMILES string of the molecule is CCC(C(=O)NC(C)C)N(Cc1ccc(Cl)cc1)C(=O)CCCSc1ccc(Cl)cc1. The van der Waals surface area contributed by atoms with Crippen LogP contribution in [0, 0.1) is 0 Å². The molecule has 0 spiro atoms. The van der Waals surface area contributed by atoms with Gasteiger partial charge in [0, 0.05) is 33.9 Å². The lowest BCUT2D eigenvalue weighted by Crippen LogP contribution is -2.50. The molecule has 2 amide bonds. The van der Waals surface area contributed by atoms with Gasteiger partial charge >= 0.3 is 0 Å². The van der Waals surface area contributed by atoms with Gasteiger partial charge in [0.05, 0.1) is 0 Å². The second-order valence-corrected chi connectivity index (χ2v) is 9.68. The molecule has 7 heteroatoms. The van der Waals surface area contributed by atoms with Crippen LogP contribution in [0.1, 0.15) is 45.6 Å². The van der Waals surface area contributed by atoms with E-state index < -0.39 is 6.04 Å². The van der Waals surface area contributed by atoms with Gasteiger partial charge in [0.25, 0.3) is 0 Å². The molecule has 168 valence electrons. The van der Waals surface area contributed by atoms with Gasteiger partial charge in [-0.3, -0.25) is 9.59 Å². The molecule has 0 saturated heterocycles. The molecule has 2 aromatic rings. The van der Waals surface area contributed by atoms with Gasteiger partial charge in [-0.25, -0.2) is 0 Å². The van der Waals surface area contributed by atoms with E-state index in [1.165, 1.54) is 0 Å². The van der Waals surface area contributed by atoms with Gasteiger partial charge in [-0.05, 0) is 74.4 Å². The summed E-state index contributed by atoms with van der Waals surface area (Å²) in [7, 11) is 0. The van der Waals surface area contributed by atoms with Crippen LogP contribution in [0.25, 0.3) is 0 Å². The van der Waals surface area contributed by atoms with Gasteiger partial charge in [-0.2, -0.15) is 0 Å². The Morgan fingerprint density at radius 1 is 1.00 bits per heavy atom. The molecule has 0 radical (unpaired) electrons. The predicted molar refractivity (Wildman–Crippen MR) is 131 cm³/mol. The second-order valence-electron chi connectivity index (χ2n) is 7.64. The largest absolute Gasteiger partial charge is 0.352 e.